The molecule has 1 aromatic heterocycles. The number of hydrogen-bond donors (Lipinski definition) is 1. The van der Waals surface area contributed by atoms with Crippen molar-refractivity contribution in [3.63, 3.8) is 0 Å². The number of nitrogens with one attached hydrogen (secondary N) is 1. The first kappa shape index (κ1) is 16.1. The van der Waals surface area contributed by atoms with Gasteiger partial charge >= 0.3 is 0 Å². The van der Waals surface area contributed by atoms with Crippen LogP contribution in [-0.2, 0) is 17.9 Å². The molecule has 1 heterocycles. The maximum absolute atomic E-state index is 12.0. The first-order valence-corrected chi connectivity index (χ1v) is 7.85. The SMILES string of the molecule is Cc1ccccc1-c1nnn(CC(=O)NCc2ccccc2Cl)n1. The molecule has 1 amide bonds. The predicted molar refractivity (Wildman–Crippen MR) is 91.3 cm³/mol. The maximum Gasteiger partial charge on any atom is 0.243 e. The van der Waals surface area contributed by atoms with Gasteiger partial charge in [0, 0.05) is 17.1 Å². The van der Waals surface area contributed by atoms with Crippen LogP contribution in [0.3, 0.4) is 0 Å². The van der Waals surface area contributed by atoms with Crippen LogP contribution in [0.2, 0.25) is 5.02 Å². The summed E-state index contributed by atoms with van der Waals surface area (Å²) in [5.41, 5.74) is 2.82. The van der Waals surface area contributed by atoms with Crippen molar-refractivity contribution in [2.45, 2.75) is 20.0 Å². The molecule has 0 atom stereocenters. The number of amides is 1. The number of halogens is 1. The summed E-state index contributed by atoms with van der Waals surface area (Å²) >= 11 is 6.06. The molecule has 0 radical (unpaired) electrons. The lowest BCUT2D eigenvalue weighted by atomic mass is 10.1. The minimum Gasteiger partial charge on any atom is -0.350 e. The van der Waals surface area contributed by atoms with Crippen LogP contribution in [0.25, 0.3) is 11.4 Å². The van der Waals surface area contributed by atoms with Gasteiger partial charge in [0.1, 0.15) is 6.54 Å². The Morgan fingerprint density at radius 1 is 1.17 bits per heavy atom. The fourth-order valence-corrected chi connectivity index (χ4v) is 2.46. The van der Waals surface area contributed by atoms with Gasteiger partial charge in [0.15, 0.2) is 0 Å². The molecule has 7 heteroatoms. The van der Waals surface area contributed by atoms with Gasteiger partial charge in [0.05, 0.1) is 0 Å². The molecular weight excluding hydrogens is 326 g/mol. The van der Waals surface area contributed by atoms with Crippen molar-refractivity contribution in [1.29, 1.82) is 0 Å². The molecule has 122 valence electrons. The van der Waals surface area contributed by atoms with Crippen LogP contribution in [0.15, 0.2) is 48.5 Å². The van der Waals surface area contributed by atoms with Crippen molar-refractivity contribution in [3.8, 4) is 11.4 Å². The lowest BCUT2D eigenvalue weighted by Crippen LogP contribution is -2.28. The fourth-order valence-electron chi connectivity index (χ4n) is 2.26. The Labute approximate surface area is 144 Å². The molecule has 2 aromatic carbocycles. The Morgan fingerprint density at radius 3 is 2.71 bits per heavy atom. The third-order valence-electron chi connectivity index (χ3n) is 3.56. The van der Waals surface area contributed by atoms with E-state index in [4.69, 9.17) is 11.6 Å². The van der Waals surface area contributed by atoms with Crippen LogP contribution in [-0.4, -0.2) is 26.1 Å². The summed E-state index contributed by atoms with van der Waals surface area (Å²) in [4.78, 5) is 13.3. The van der Waals surface area contributed by atoms with Crippen molar-refractivity contribution in [3.05, 3.63) is 64.7 Å². The Morgan fingerprint density at radius 2 is 1.92 bits per heavy atom. The summed E-state index contributed by atoms with van der Waals surface area (Å²) in [6, 6.07) is 15.1. The van der Waals surface area contributed by atoms with Crippen molar-refractivity contribution in [2.75, 3.05) is 0 Å². The zero-order valence-electron chi connectivity index (χ0n) is 13.1. The minimum absolute atomic E-state index is 0.00331. The van der Waals surface area contributed by atoms with E-state index in [1.807, 2.05) is 49.4 Å². The second-order valence-corrected chi connectivity index (χ2v) is 5.73. The monoisotopic (exact) mass is 341 g/mol. The van der Waals surface area contributed by atoms with Crippen LogP contribution in [0, 0.1) is 6.92 Å². The standard InChI is InChI=1S/C17H16ClN5O/c1-12-6-2-4-8-14(12)17-20-22-23(21-17)11-16(24)19-10-13-7-3-5-9-15(13)18/h2-9H,10-11H2,1H3,(H,19,24). The highest BCUT2D eigenvalue weighted by Gasteiger charge is 2.11. The molecule has 0 fully saturated rings. The lowest BCUT2D eigenvalue weighted by Gasteiger charge is -2.06. The van der Waals surface area contributed by atoms with Gasteiger partial charge < -0.3 is 5.32 Å². The summed E-state index contributed by atoms with van der Waals surface area (Å²) in [5.74, 6) is 0.302. The molecule has 0 aliphatic heterocycles. The molecule has 0 saturated heterocycles. The van der Waals surface area contributed by atoms with Crippen molar-refractivity contribution < 1.29 is 4.79 Å². The molecular formula is C17H16ClN5O. The third-order valence-corrected chi connectivity index (χ3v) is 3.93. The second kappa shape index (κ2) is 7.23. The van der Waals surface area contributed by atoms with E-state index in [1.165, 1.54) is 4.80 Å². The number of carbonyl (C=O) groups is 1. The highest BCUT2D eigenvalue weighted by molar-refractivity contribution is 6.31. The van der Waals surface area contributed by atoms with Crippen molar-refractivity contribution >= 4 is 17.5 Å². The first-order chi connectivity index (χ1) is 11.6. The molecule has 0 aliphatic rings. The largest absolute Gasteiger partial charge is 0.350 e. The molecule has 3 rings (SSSR count). The van der Waals surface area contributed by atoms with Crippen LogP contribution < -0.4 is 5.32 Å². The summed E-state index contributed by atoms with van der Waals surface area (Å²) < 4.78 is 0. The summed E-state index contributed by atoms with van der Waals surface area (Å²) in [6.45, 7) is 2.34. The molecule has 0 spiro atoms. The molecule has 24 heavy (non-hydrogen) atoms. The number of tetrazole rings is 1. The lowest BCUT2D eigenvalue weighted by molar-refractivity contribution is -0.122. The first-order valence-electron chi connectivity index (χ1n) is 7.47. The summed E-state index contributed by atoms with van der Waals surface area (Å²) in [6.07, 6.45) is 0. The molecule has 1 N–H and O–H groups in total. The van der Waals surface area contributed by atoms with Gasteiger partial charge in [-0.1, -0.05) is 54.1 Å². The highest BCUT2D eigenvalue weighted by Crippen LogP contribution is 2.17. The van der Waals surface area contributed by atoms with Gasteiger partial charge in [-0.25, -0.2) is 0 Å². The minimum atomic E-state index is -0.205. The Bertz CT molecular complexity index is 861. The van der Waals surface area contributed by atoms with Crippen LogP contribution >= 0.6 is 11.6 Å². The van der Waals surface area contributed by atoms with E-state index in [0.717, 1.165) is 16.7 Å². The summed E-state index contributed by atoms with van der Waals surface area (Å²) in [7, 11) is 0. The average molecular weight is 342 g/mol. The Hall–Kier alpha value is -2.73. The number of aromatic nitrogens is 4. The van der Waals surface area contributed by atoms with Crippen LogP contribution in [0.1, 0.15) is 11.1 Å². The summed E-state index contributed by atoms with van der Waals surface area (Å²) in [5, 5.41) is 15.6. The predicted octanol–water partition coefficient (Wildman–Crippen LogP) is 2.62. The molecule has 0 aliphatic carbocycles. The van der Waals surface area contributed by atoms with E-state index in [9.17, 15) is 4.79 Å². The van der Waals surface area contributed by atoms with Gasteiger partial charge in [0.25, 0.3) is 0 Å². The normalized spacial score (nSPS) is 10.6. The van der Waals surface area contributed by atoms with Crippen molar-refractivity contribution in [1.82, 2.24) is 25.5 Å². The van der Waals surface area contributed by atoms with Crippen LogP contribution in [0.4, 0.5) is 0 Å². The fraction of sp³-hybridized carbons (Fsp3) is 0.176. The quantitative estimate of drug-likeness (QED) is 0.774. The number of hydrogen-bond acceptors (Lipinski definition) is 4. The number of benzene rings is 2. The second-order valence-electron chi connectivity index (χ2n) is 5.33. The molecule has 0 unspecified atom stereocenters. The molecule has 0 bridgehead atoms. The zero-order valence-corrected chi connectivity index (χ0v) is 13.9. The molecule has 3 aromatic rings. The van der Waals surface area contributed by atoms with Crippen LogP contribution in [0.5, 0.6) is 0 Å². The van der Waals surface area contributed by atoms with Gasteiger partial charge in [-0.2, -0.15) is 4.80 Å². The third kappa shape index (κ3) is 3.78. The molecule has 6 nitrogen and oxygen atoms in total. The number of nitrogens with zero attached hydrogens (tertiary/aromatic N) is 4. The Kier molecular flexibility index (Phi) is 4.86. The van der Waals surface area contributed by atoms with E-state index in [2.05, 4.69) is 20.7 Å². The smallest absolute Gasteiger partial charge is 0.243 e. The average Bonchev–Trinajstić information content (AvgIpc) is 3.03. The van der Waals surface area contributed by atoms with Gasteiger partial charge in [-0.3, -0.25) is 4.79 Å². The van der Waals surface area contributed by atoms with E-state index in [1.54, 1.807) is 6.07 Å². The van der Waals surface area contributed by atoms with E-state index in [0.29, 0.717) is 17.4 Å². The van der Waals surface area contributed by atoms with E-state index >= 15 is 0 Å². The topological polar surface area (TPSA) is 72.7 Å². The van der Waals surface area contributed by atoms with Gasteiger partial charge in [0.2, 0.25) is 11.7 Å². The van der Waals surface area contributed by atoms with E-state index < -0.39 is 0 Å². The van der Waals surface area contributed by atoms with E-state index in [-0.39, 0.29) is 12.5 Å². The zero-order chi connectivity index (χ0) is 16.9. The maximum atomic E-state index is 12.0. The Balaban J connectivity index is 1.62. The molecule has 0 saturated carbocycles. The van der Waals surface area contributed by atoms with Crippen molar-refractivity contribution in [2.24, 2.45) is 0 Å². The number of carbonyl (C=O) groups excluding carboxylic acids is 1. The number of aryl methyl sites for hydroxylation is 1. The number of rotatable bonds is 5. The van der Waals surface area contributed by atoms with Gasteiger partial charge in [-0.05, 0) is 29.3 Å². The highest BCUT2D eigenvalue weighted by atomic mass is 35.5. The van der Waals surface area contributed by atoms with Gasteiger partial charge in [-0.15, -0.1) is 10.2 Å².